The largest absolute Gasteiger partial charge is 0.478 e. The summed E-state index contributed by atoms with van der Waals surface area (Å²) in [6.45, 7) is 2.15. The molecule has 17 heavy (non-hydrogen) atoms. The Hall–Kier alpha value is -0.320. The molecule has 0 aliphatic heterocycles. The second-order valence-electron chi connectivity index (χ2n) is 3.35. The third-order valence-electron chi connectivity index (χ3n) is 2.07. The minimum atomic E-state index is -0.973. The van der Waals surface area contributed by atoms with Gasteiger partial charge in [0.25, 0.3) is 0 Å². The number of carbonyl (C=O) groups is 1. The van der Waals surface area contributed by atoms with Crippen LogP contribution in [-0.4, -0.2) is 28.3 Å². The van der Waals surface area contributed by atoms with E-state index >= 15 is 0 Å². The number of halogens is 1. The number of aromatic carboxylic acids is 1. The fourth-order valence-corrected chi connectivity index (χ4v) is 3.16. The molecule has 0 aliphatic carbocycles. The molecule has 0 saturated carbocycles. The first-order valence-electron chi connectivity index (χ1n) is 5.38. The Balaban J connectivity index is 2.49. The van der Waals surface area contributed by atoms with Gasteiger partial charge >= 0.3 is 5.97 Å². The van der Waals surface area contributed by atoms with E-state index < -0.39 is 5.97 Å². The normalized spacial score (nSPS) is 10.5. The first-order chi connectivity index (χ1) is 8.15. The van der Waals surface area contributed by atoms with Crippen LogP contribution >= 0.6 is 35.1 Å². The minimum absolute atomic E-state index is 0.180. The van der Waals surface area contributed by atoms with Gasteiger partial charge in [0.15, 0.2) is 0 Å². The lowest BCUT2D eigenvalue weighted by Gasteiger charge is -2.04. The minimum Gasteiger partial charge on any atom is -0.478 e. The van der Waals surface area contributed by atoms with E-state index in [0.717, 1.165) is 28.6 Å². The molecule has 1 rings (SSSR count). The molecule has 0 spiro atoms. The second kappa shape index (κ2) is 7.90. The third-order valence-corrected chi connectivity index (χ3v) is 4.47. The molecule has 0 radical (unpaired) electrons. The molecule has 5 heteroatoms. The molecule has 94 valence electrons. The van der Waals surface area contributed by atoms with Gasteiger partial charge in [0.05, 0.1) is 10.6 Å². The summed E-state index contributed by atoms with van der Waals surface area (Å²) in [5.74, 6) is 2.34. The second-order valence-corrected chi connectivity index (χ2v) is 6.32. The van der Waals surface area contributed by atoms with Crippen molar-refractivity contribution < 1.29 is 9.90 Å². The van der Waals surface area contributed by atoms with E-state index in [1.54, 1.807) is 23.9 Å². The molecule has 0 fully saturated rings. The first kappa shape index (κ1) is 14.7. The molecule has 2 nitrogen and oxygen atoms in total. The van der Waals surface area contributed by atoms with Crippen molar-refractivity contribution in [3.05, 3.63) is 28.8 Å². The van der Waals surface area contributed by atoms with E-state index in [9.17, 15) is 4.79 Å². The zero-order valence-electron chi connectivity index (χ0n) is 9.61. The van der Waals surface area contributed by atoms with Crippen molar-refractivity contribution in [2.24, 2.45) is 0 Å². The molecule has 0 aliphatic rings. The Morgan fingerprint density at radius 2 is 2.18 bits per heavy atom. The lowest BCUT2D eigenvalue weighted by molar-refractivity contribution is 0.0697. The van der Waals surface area contributed by atoms with Gasteiger partial charge in [-0.3, -0.25) is 0 Å². The van der Waals surface area contributed by atoms with Gasteiger partial charge in [-0.1, -0.05) is 18.5 Å². The Morgan fingerprint density at radius 1 is 1.41 bits per heavy atom. The average Bonchev–Trinajstić information content (AvgIpc) is 2.30. The molecule has 0 unspecified atom stereocenters. The summed E-state index contributed by atoms with van der Waals surface area (Å²) < 4.78 is 0. The summed E-state index contributed by atoms with van der Waals surface area (Å²) in [4.78, 5) is 11.9. The van der Waals surface area contributed by atoms with Crippen molar-refractivity contribution in [2.45, 2.75) is 18.2 Å². The number of hydrogen-bond donors (Lipinski definition) is 1. The van der Waals surface area contributed by atoms with Crippen LogP contribution in [0, 0.1) is 0 Å². The van der Waals surface area contributed by atoms with Gasteiger partial charge in [-0.15, -0.1) is 11.8 Å². The Morgan fingerprint density at radius 3 is 2.82 bits per heavy atom. The fraction of sp³-hybridized carbons (Fsp3) is 0.417. The van der Waals surface area contributed by atoms with Crippen molar-refractivity contribution in [2.75, 3.05) is 17.3 Å². The Kier molecular flexibility index (Phi) is 6.85. The van der Waals surface area contributed by atoms with Crippen LogP contribution in [0.25, 0.3) is 0 Å². The van der Waals surface area contributed by atoms with Crippen molar-refractivity contribution in [3.63, 3.8) is 0 Å². The predicted octanol–water partition coefficient (Wildman–Crippen LogP) is 4.27. The topological polar surface area (TPSA) is 37.3 Å². The van der Waals surface area contributed by atoms with Crippen LogP contribution in [0.1, 0.15) is 23.7 Å². The van der Waals surface area contributed by atoms with E-state index in [-0.39, 0.29) is 5.56 Å². The van der Waals surface area contributed by atoms with Gasteiger partial charge < -0.3 is 5.11 Å². The maximum Gasteiger partial charge on any atom is 0.337 e. The van der Waals surface area contributed by atoms with Gasteiger partial charge in [0, 0.05) is 4.90 Å². The maximum atomic E-state index is 10.9. The average molecular weight is 291 g/mol. The molecular weight excluding hydrogens is 276 g/mol. The molecule has 0 saturated heterocycles. The van der Waals surface area contributed by atoms with Gasteiger partial charge in [0.2, 0.25) is 0 Å². The number of hydrogen-bond acceptors (Lipinski definition) is 3. The van der Waals surface area contributed by atoms with Crippen LogP contribution < -0.4 is 0 Å². The van der Waals surface area contributed by atoms with E-state index in [0.29, 0.717) is 5.02 Å². The predicted molar refractivity (Wildman–Crippen MR) is 76.8 cm³/mol. The van der Waals surface area contributed by atoms with Crippen LogP contribution in [0.5, 0.6) is 0 Å². The van der Waals surface area contributed by atoms with E-state index in [2.05, 4.69) is 6.92 Å². The van der Waals surface area contributed by atoms with Gasteiger partial charge in [-0.25, -0.2) is 4.79 Å². The molecule has 0 atom stereocenters. The zero-order valence-corrected chi connectivity index (χ0v) is 12.0. The summed E-state index contributed by atoms with van der Waals surface area (Å²) in [6, 6.07) is 5.16. The van der Waals surface area contributed by atoms with E-state index in [1.165, 1.54) is 0 Å². The molecule has 0 aromatic heterocycles. The van der Waals surface area contributed by atoms with Crippen LogP contribution in [0.2, 0.25) is 5.02 Å². The highest BCUT2D eigenvalue weighted by molar-refractivity contribution is 8.00. The standard InChI is InChI=1S/C12H15ClO2S2/c1-2-16-6-3-7-17-9-4-5-11(13)10(8-9)12(14)15/h4-5,8H,2-3,6-7H2,1H3,(H,14,15). The van der Waals surface area contributed by atoms with Gasteiger partial charge in [0.1, 0.15) is 0 Å². The molecule has 1 N–H and O–H groups in total. The smallest absolute Gasteiger partial charge is 0.337 e. The maximum absolute atomic E-state index is 10.9. The van der Waals surface area contributed by atoms with Crippen molar-refractivity contribution in [1.82, 2.24) is 0 Å². The van der Waals surface area contributed by atoms with E-state index in [1.807, 2.05) is 17.8 Å². The summed E-state index contributed by atoms with van der Waals surface area (Å²) >= 11 is 9.40. The molecule has 0 heterocycles. The number of thioether (sulfide) groups is 2. The summed E-state index contributed by atoms with van der Waals surface area (Å²) in [5.41, 5.74) is 0.180. The highest BCUT2D eigenvalue weighted by atomic mass is 35.5. The fourth-order valence-electron chi connectivity index (χ4n) is 1.25. The highest BCUT2D eigenvalue weighted by Crippen LogP contribution is 2.25. The van der Waals surface area contributed by atoms with Crippen molar-refractivity contribution in [1.29, 1.82) is 0 Å². The van der Waals surface area contributed by atoms with Crippen molar-refractivity contribution in [3.8, 4) is 0 Å². The van der Waals surface area contributed by atoms with Crippen LogP contribution in [0.4, 0.5) is 0 Å². The number of benzene rings is 1. The molecule has 0 amide bonds. The summed E-state index contributed by atoms with van der Waals surface area (Å²) in [7, 11) is 0. The van der Waals surface area contributed by atoms with Gasteiger partial charge in [-0.05, 0) is 41.9 Å². The summed E-state index contributed by atoms with van der Waals surface area (Å²) in [5, 5.41) is 9.23. The molecule has 0 bridgehead atoms. The lowest BCUT2D eigenvalue weighted by Crippen LogP contribution is -1.97. The monoisotopic (exact) mass is 290 g/mol. The molecular formula is C12H15ClO2S2. The zero-order chi connectivity index (χ0) is 12.7. The summed E-state index contributed by atoms with van der Waals surface area (Å²) in [6.07, 6.45) is 1.13. The van der Waals surface area contributed by atoms with Crippen LogP contribution in [0.3, 0.4) is 0 Å². The van der Waals surface area contributed by atoms with Crippen molar-refractivity contribution >= 4 is 41.1 Å². The number of carboxylic acid groups (broad SMARTS) is 1. The van der Waals surface area contributed by atoms with Crippen LogP contribution in [0.15, 0.2) is 23.1 Å². The molecule has 1 aromatic carbocycles. The molecule has 1 aromatic rings. The third kappa shape index (κ3) is 5.23. The highest BCUT2D eigenvalue weighted by Gasteiger charge is 2.09. The quantitative estimate of drug-likeness (QED) is 0.601. The lowest BCUT2D eigenvalue weighted by atomic mass is 10.2. The Bertz CT molecular complexity index is 383. The Labute approximate surface area is 115 Å². The van der Waals surface area contributed by atoms with Gasteiger partial charge in [-0.2, -0.15) is 11.8 Å². The number of rotatable bonds is 7. The SMILES string of the molecule is CCSCCCSc1ccc(Cl)c(C(=O)O)c1. The number of carboxylic acids is 1. The van der Waals surface area contributed by atoms with Crippen LogP contribution in [-0.2, 0) is 0 Å². The van der Waals surface area contributed by atoms with E-state index in [4.69, 9.17) is 16.7 Å². The first-order valence-corrected chi connectivity index (χ1v) is 7.90.